The number of hydrogen-bond acceptors (Lipinski definition) is 5. The number of aromatic amines is 1. The summed E-state index contributed by atoms with van der Waals surface area (Å²) in [5.74, 6) is 2.32. The number of anilines is 3. The van der Waals surface area contributed by atoms with E-state index in [4.69, 9.17) is 10.5 Å². The fraction of sp³-hybridized carbons (Fsp3) is 0.0833. The van der Waals surface area contributed by atoms with E-state index in [0.29, 0.717) is 0 Å². The number of H-pyrrole nitrogens is 1. The van der Waals surface area contributed by atoms with Crippen molar-refractivity contribution in [2.75, 3.05) is 11.1 Å². The molecule has 0 unspecified atom stereocenters. The Hall–Kier alpha value is -4.06. The number of fused-ring (bicyclic) bond motifs is 2. The Balaban J connectivity index is 1.52. The molecule has 6 nitrogen and oxygen atoms in total. The third kappa shape index (κ3) is 3.18. The normalized spacial score (nSPS) is 11.1. The quantitative estimate of drug-likeness (QED) is 0.328. The monoisotopic (exact) mass is 395 g/mol. The fourth-order valence-corrected chi connectivity index (χ4v) is 3.68. The average molecular weight is 395 g/mol. The number of pyridine rings is 1. The van der Waals surface area contributed by atoms with Gasteiger partial charge in [0.15, 0.2) is 0 Å². The molecule has 5 aromatic rings. The molecule has 148 valence electrons. The summed E-state index contributed by atoms with van der Waals surface area (Å²) in [6.45, 7) is 2.09. The van der Waals surface area contributed by atoms with Crippen LogP contribution in [-0.2, 0) is 6.42 Å². The van der Waals surface area contributed by atoms with Gasteiger partial charge in [0.25, 0.3) is 0 Å². The van der Waals surface area contributed by atoms with Gasteiger partial charge in [-0.25, -0.2) is 4.98 Å². The largest absolute Gasteiger partial charge is 0.456 e. The Kier molecular flexibility index (Phi) is 4.44. The number of ether oxygens (including phenoxy) is 1. The molecule has 0 bridgehead atoms. The number of nitrogens with two attached hydrogens (primary N) is 1. The summed E-state index contributed by atoms with van der Waals surface area (Å²) < 4.78 is 6.35. The maximum Gasteiger partial charge on any atom is 0.137 e. The minimum atomic E-state index is 0.736. The van der Waals surface area contributed by atoms with E-state index in [1.165, 1.54) is 0 Å². The zero-order valence-electron chi connectivity index (χ0n) is 16.5. The second-order valence-corrected chi connectivity index (χ2v) is 7.09. The number of nitrogen functional groups attached to an aromatic ring is 1. The maximum atomic E-state index is 6.35. The molecule has 0 aliphatic heterocycles. The topological polar surface area (TPSA) is 88.9 Å². The summed E-state index contributed by atoms with van der Waals surface area (Å²) in [6, 6.07) is 19.7. The molecule has 30 heavy (non-hydrogen) atoms. The molecular weight excluding hydrogens is 374 g/mol. The molecule has 5 rings (SSSR count). The van der Waals surface area contributed by atoms with Gasteiger partial charge >= 0.3 is 0 Å². The lowest BCUT2D eigenvalue weighted by Crippen LogP contribution is -2.01. The Labute approximate surface area is 173 Å². The Bertz CT molecular complexity index is 1360. The van der Waals surface area contributed by atoms with Crippen molar-refractivity contribution >= 4 is 38.9 Å². The van der Waals surface area contributed by atoms with Crippen LogP contribution in [0.4, 0.5) is 17.2 Å². The summed E-state index contributed by atoms with van der Waals surface area (Å²) in [5, 5.41) is 13.5. The van der Waals surface area contributed by atoms with Gasteiger partial charge in [0, 0.05) is 39.3 Å². The highest BCUT2D eigenvalue weighted by molar-refractivity contribution is 5.97. The molecule has 0 amide bonds. The smallest absolute Gasteiger partial charge is 0.137 e. The van der Waals surface area contributed by atoms with Gasteiger partial charge in [0.2, 0.25) is 0 Å². The first-order chi connectivity index (χ1) is 14.7. The minimum absolute atomic E-state index is 0.736. The minimum Gasteiger partial charge on any atom is -0.456 e. The number of rotatable bonds is 5. The molecule has 3 aromatic carbocycles. The third-order valence-electron chi connectivity index (χ3n) is 5.21. The van der Waals surface area contributed by atoms with Crippen molar-refractivity contribution in [2.45, 2.75) is 13.3 Å². The molecule has 0 atom stereocenters. The van der Waals surface area contributed by atoms with Crippen LogP contribution >= 0.6 is 0 Å². The maximum absolute atomic E-state index is 6.35. The van der Waals surface area contributed by atoms with E-state index in [0.717, 1.165) is 62.4 Å². The molecule has 4 N–H and O–H groups in total. The van der Waals surface area contributed by atoms with Gasteiger partial charge in [-0.2, -0.15) is 5.10 Å². The second kappa shape index (κ2) is 7.40. The van der Waals surface area contributed by atoms with Gasteiger partial charge in [0.1, 0.15) is 17.3 Å². The number of nitrogens with zero attached hydrogens (tertiary/aromatic N) is 2. The van der Waals surface area contributed by atoms with Gasteiger partial charge in [-0.1, -0.05) is 31.2 Å². The first kappa shape index (κ1) is 18.0. The standard InChI is InChI=1S/C24H21N5O/c1-2-17-23(30-22-10-8-20(25)18-5-3-4-6-19(18)22)11-12-26-24(17)28-16-7-9-21-15(13-16)14-27-29-21/h3-14H,2,25H2,1H3,(H,26,28)(H,27,29). The molecule has 2 aromatic heterocycles. The molecule has 0 saturated heterocycles. The molecule has 2 heterocycles. The van der Waals surface area contributed by atoms with Crippen molar-refractivity contribution in [1.82, 2.24) is 15.2 Å². The van der Waals surface area contributed by atoms with Gasteiger partial charge in [-0.15, -0.1) is 0 Å². The van der Waals surface area contributed by atoms with E-state index >= 15 is 0 Å². The average Bonchev–Trinajstić information content (AvgIpc) is 3.24. The van der Waals surface area contributed by atoms with E-state index in [1.807, 2.05) is 60.7 Å². The van der Waals surface area contributed by atoms with Crippen LogP contribution in [0.2, 0.25) is 0 Å². The molecule has 0 radical (unpaired) electrons. The van der Waals surface area contributed by atoms with Gasteiger partial charge in [0.05, 0.1) is 11.7 Å². The highest BCUT2D eigenvalue weighted by atomic mass is 16.5. The Morgan fingerprint density at radius 1 is 1.00 bits per heavy atom. The zero-order chi connectivity index (χ0) is 20.5. The van der Waals surface area contributed by atoms with Crippen LogP contribution in [0.5, 0.6) is 11.5 Å². The predicted molar refractivity (Wildman–Crippen MR) is 121 cm³/mol. The highest BCUT2D eigenvalue weighted by Gasteiger charge is 2.13. The molecule has 0 saturated carbocycles. The second-order valence-electron chi connectivity index (χ2n) is 7.09. The Morgan fingerprint density at radius 2 is 1.87 bits per heavy atom. The van der Waals surface area contributed by atoms with Crippen molar-refractivity contribution < 1.29 is 4.74 Å². The number of benzene rings is 3. The van der Waals surface area contributed by atoms with Crippen LogP contribution < -0.4 is 15.8 Å². The van der Waals surface area contributed by atoms with Crippen molar-refractivity contribution in [2.24, 2.45) is 0 Å². The van der Waals surface area contributed by atoms with E-state index in [1.54, 1.807) is 12.4 Å². The first-order valence-corrected chi connectivity index (χ1v) is 9.86. The van der Waals surface area contributed by atoms with E-state index < -0.39 is 0 Å². The van der Waals surface area contributed by atoms with Gasteiger partial charge in [-0.05, 0) is 42.8 Å². The summed E-state index contributed by atoms with van der Waals surface area (Å²) in [6.07, 6.45) is 4.33. The summed E-state index contributed by atoms with van der Waals surface area (Å²) in [7, 11) is 0. The molecule has 0 fully saturated rings. The fourth-order valence-electron chi connectivity index (χ4n) is 3.68. The number of hydrogen-bond donors (Lipinski definition) is 3. The summed E-state index contributed by atoms with van der Waals surface area (Å²) >= 11 is 0. The van der Waals surface area contributed by atoms with Crippen LogP contribution in [0.15, 0.2) is 73.1 Å². The van der Waals surface area contributed by atoms with Crippen molar-refractivity contribution in [1.29, 1.82) is 0 Å². The lowest BCUT2D eigenvalue weighted by molar-refractivity contribution is 0.482. The lowest BCUT2D eigenvalue weighted by atomic mass is 10.1. The van der Waals surface area contributed by atoms with E-state index in [9.17, 15) is 0 Å². The zero-order valence-corrected chi connectivity index (χ0v) is 16.5. The van der Waals surface area contributed by atoms with Crippen LogP contribution in [0.3, 0.4) is 0 Å². The van der Waals surface area contributed by atoms with Gasteiger partial charge in [-0.3, -0.25) is 5.10 Å². The third-order valence-corrected chi connectivity index (χ3v) is 5.21. The predicted octanol–water partition coefficient (Wildman–Crippen LogP) is 5.79. The van der Waals surface area contributed by atoms with Crippen LogP contribution in [0, 0.1) is 0 Å². The first-order valence-electron chi connectivity index (χ1n) is 9.86. The van der Waals surface area contributed by atoms with E-state index in [-0.39, 0.29) is 0 Å². The molecule has 6 heteroatoms. The van der Waals surface area contributed by atoms with Crippen LogP contribution in [0.25, 0.3) is 21.7 Å². The molecular formula is C24H21N5O. The molecule has 0 aliphatic carbocycles. The van der Waals surface area contributed by atoms with E-state index in [2.05, 4.69) is 27.4 Å². The lowest BCUT2D eigenvalue weighted by Gasteiger charge is -2.16. The number of aromatic nitrogens is 3. The van der Waals surface area contributed by atoms with Crippen LogP contribution in [0.1, 0.15) is 12.5 Å². The summed E-state index contributed by atoms with van der Waals surface area (Å²) in [5.41, 5.74) is 9.82. The summed E-state index contributed by atoms with van der Waals surface area (Å²) in [4.78, 5) is 4.56. The molecule has 0 aliphatic rings. The molecule has 0 spiro atoms. The van der Waals surface area contributed by atoms with Gasteiger partial charge < -0.3 is 15.8 Å². The van der Waals surface area contributed by atoms with Crippen molar-refractivity contribution in [3.8, 4) is 11.5 Å². The van der Waals surface area contributed by atoms with Crippen LogP contribution in [-0.4, -0.2) is 15.2 Å². The SMILES string of the molecule is CCc1c(Oc2ccc(N)c3ccccc23)ccnc1Nc1ccc2[nH]ncc2c1. The van der Waals surface area contributed by atoms with Crippen molar-refractivity contribution in [3.63, 3.8) is 0 Å². The van der Waals surface area contributed by atoms with Crippen molar-refractivity contribution in [3.05, 3.63) is 78.6 Å². The number of nitrogens with one attached hydrogen (secondary N) is 2. The highest BCUT2D eigenvalue weighted by Crippen LogP contribution is 2.36. The Morgan fingerprint density at radius 3 is 2.73 bits per heavy atom.